The first kappa shape index (κ1) is 21.4. The number of aryl methyl sites for hydroxylation is 1. The molecule has 3 aromatic heterocycles. The molecule has 1 amide bonds. The summed E-state index contributed by atoms with van der Waals surface area (Å²) in [5.74, 6) is 0.406. The predicted molar refractivity (Wildman–Crippen MR) is 131 cm³/mol. The number of nitrogens with one attached hydrogen (secondary N) is 1. The summed E-state index contributed by atoms with van der Waals surface area (Å²) in [6, 6.07) is 26.3. The zero-order valence-corrected chi connectivity index (χ0v) is 18.8. The molecular formula is C28H24N4O2. The van der Waals surface area contributed by atoms with Gasteiger partial charge in [-0.25, -0.2) is 4.98 Å². The minimum Gasteiger partial charge on any atom is -0.487 e. The molecule has 0 spiro atoms. The zero-order valence-electron chi connectivity index (χ0n) is 18.8. The average Bonchev–Trinajstić information content (AvgIpc) is 3.29. The number of hydrogen-bond donors (Lipinski definition) is 1. The molecule has 5 rings (SSSR count). The van der Waals surface area contributed by atoms with Gasteiger partial charge >= 0.3 is 0 Å². The lowest BCUT2D eigenvalue weighted by molar-refractivity contribution is 0.0941. The normalized spacial score (nSPS) is 11.8. The van der Waals surface area contributed by atoms with Gasteiger partial charge in [-0.15, -0.1) is 0 Å². The van der Waals surface area contributed by atoms with E-state index in [1.807, 2.05) is 96.5 Å². The minimum atomic E-state index is -0.360. The van der Waals surface area contributed by atoms with Crippen molar-refractivity contribution >= 4 is 11.6 Å². The molecule has 0 aliphatic rings. The van der Waals surface area contributed by atoms with E-state index in [9.17, 15) is 4.79 Å². The molecule has 168 valence electrons. The highest BCUT2D eigenvalue weighted by Gasteiger charge is 2.19. The molecular weight excluding hydrogens is 424 g/mol. The fraction of sp³-hybridized carbons (Fsp3) is 0.107. The van der Waals surface area contributed by atoms with Crippen molar-refractivity contribution in [2.45, 2.75) is 19.6 Å². The second-order valence-electron chi connectivity index (χ2n) is 8.09. The summed E-state index contributed by atoms with van der Waals surface area (Å²) in [6.45, 7) is 2.36. The number of ether oxygens (including phenoxy) is 1. The Bertz CT molecular complexity index is 1380. The van der Waals surface area contributed by atoms with E-state index in [0.29, 0.717) is 17.9 Å². The van der Waals surface area contributed by atoms with Crippen LogP contribution in [-0.2, 0) is 6.61 Å². The Hall–Kier alpha value is -4.45. The summed E-state index contributed by atoms with van der Waals surface area (Å²) in [7, 11) is 0. The molecule has 1 atom stereocenters. The highest BCUT2D eigenvalue weighted by atomic mass is 16.5. The molecule has 5 aromatic rings. The molecule has 0 aliphatic carbocycles. The van der Waals surface area contributed by atoms with Crippen LogP contribution in [0.3, 0.4) is 0 Å². The van der Waals surface area contributed by atoms with Gasteiger partial charge in [-0.1, -0.05) is 48.5 Å². The van der Waals surface area contributed by atoms with Gasteiger partial charge in [0.25, 0.3) is 5.91 Å². The predicted octanol–water partition coefficient (Wildman–Crippen LogP) is 5.14. The molecule has 1 N–H and O–H groups in total. The topological polar surface area (TPSA) is 68.5 Å². The number of nitrogens with zero attached hydrogens (tertiary/aromatic N) is 3. The highest BCUT2D eigenvalue weighted by molar-refractivity contribution is 5.95. The third-order valence-electron chi connectivity index (χ3n) is 5.52. The van der Waals surface area contributed by atoms with Gasteiger partial charge in [0, 0.05) is 24.2 Å². The molecule has 0 fully saturated rings. The SMILES string of the molecule is Cc1ccc2nc(COc3cccc(C(=O)NC(c4ccccc4)c4ccccn4)c3)cn2c1. The van der Waals surface area contributed by atoms with Crippen LogP contribution in [0, 0.1) is 6.92 Å². The smallest absolute Gasteiger partial charge is 0.252 e. The number of aromatic nitrogens is 3. The van der Waals surface area contributed by atoms with Crippen LogP contribution >= 0.6 is 0 Å². The monoisotopic (exact) mass is 448 g/mol. The quantitative estimate of drug-likeness (QED) is 0.375. The molecule has 3 heterocycles. The van der Waals surface area contributed by atoms with Gasteiger partial charge in [-0.05, 0) is 54.4 Å². The Morgan fingerprint density at radius 3 is 2.65 bits per heavy atom. The molecule has 0 aliphatic heterocycles. The van der Waals surface area contributed by atoms with E-state index in [0.717, 1.165) is 28.2 Å². The first-order chi connectivity index (χ1) is 16.7. The van der Waals surface area contributed by atoms with Gasteiger partial charge < -0.3 is 14.5 Å². The zero-order chi connectivity index (χ0) is 23.3. The Labute approximate surface area is 197 Å². The van der Waals surface area contributed by atoms with E-state index in [1.165, 1.54) is 0 Å². The first-order valence-corrected chi connectivity index (χ1v) is 11.1. The van der Waals surface area contributed by atoms with Crippen LogP contribution in [-0.4, -0.2) is 20.3 Å². The maximum Gasteiger partial charge on any atom is 0.252 e. The van der Waals surface area contributed by atoms with Gasteiger partial charge in [0.05, 0.1) is 17.4 Å². The summed E-state index contributed by atoms with van der Waals surface area (Å²) in [4.78, 5) is 22.2. The number of carbonyl (C=O) groups excluding carboxylic acids is 1. The maximum absolute atomic E-state index is 13.2. The molecule has 6 nitrogen and oxygen atoms in total. The number of rotatable bonds is 7. The van der Waals surface area contributed by atoms with E-state index in [-0.39, 0.29) is 11.9 Å². The number of pyridine rings is 2. The maximum atomic E-state index is 13.2. The number of benzene rings is 2. The molecule has 0 bridgehead atoms. The van der Waals surface area contributed by atoms with Gasteiger partial charge in [-0.3, -0.25) is 9.78 Å². The van der Waals surface area contributed by atoms with Crippen LogP contribution in [0.25, 0.3) is 5.65 Å². The third kappa shape index (κ3) is 4.81. The molecule has 2 aromatic carbocycles. The Morgan fingerprint density at radius 1 is 0.971 bits per heavy atom. The highest BCUT2D eigenvalue weighted by Crippen LogP contribution is 2.22. The lowest BCUT2D eigenvalue weighted by Crippen LogP contribution is -2.29. The second-order valence-corrected chi connectivity index (χ2v) is 8.09. The molecule has 6 heteroatoms. The summed E-state index contributed by atoms with van der Waals surface area (Å²) in [5.41, 5.74) is 5.11. The number of fused-ring (bicyclic) bond motifs is 1. The number of amides is 1. The molecule has 0 radical (unpaired) electrons. The number of carbonyl (C=O) groups is 1. The molecule has 34 heavy (non-hydrogen) atoms. The summed E-state index contributed by atoms with van der Waals surface area (Å²) >= 11 is 0. The average molecular weight is 449 g/mol. The largest absolute Gasteiger partial charge is 0.487 e. The van der Waals surface area contributed by atoms with E-state index in [2.05, 4.69) is 15.3 Å². The van der Waals surface area contributed by atoms with Crippen molar-refractivity contribution in [1.82, 2.24) is 19.7 Å². The molecule has 0 saturated heterocycles. The standard InChI is InChI=1S/C28H24N4O2/c1-20-13-14-26-30-23(18-32(26)17-20)19-34-24-11-7-10-22(16-24)28(33)31-27(21-8-3-2-4-9-21)25-12-5-6-15-29-25/h2-18,27H,19H2,1H3,(H,31,33). The Balaban J connectivity index is 1.32. The van der Waals surface area contributed by atoms with Crippen LogP contribution in [0.1, 0.15) is 38.9 Å². The van der Waals surface area contributed by atoms with Crippen LogP contribution in [0.15, 0.2) is 104 Å². The van der Waals surface area contributed by atoms with Crippen molar-refractivity contribution in [3.05, 3.63) is 132 Å². The Morgan fingerprint density at radius 2 is 1.82 bits per heavy atom. The van der Waals surface area contributed by atoms with Crippen molar-refractivity contribution in [3.8, 4) is 5.75 Å². The Kier molecular flexibility index (Phi) is 6.03. The van der Waals surface area contributed by atoms with Crippen molar-refractivity contribution in [3.63, 3.8) is 0 Å². The van der Waals surface area contributed by atoms with E-state index >= 15 is 0 Å². The first-order valence-electron chi connectivity index (χ1n) is 11.1. The van der Waals surface area contributed by atoms with Gasteiger partial charge in [0.1, 0.15) is 18.0 Å². The van der Waals surface area contributed by atoms with Crippen molar-refractivity contribution in [2.24, 2.45) is 0 Å². The minimum absolute atomic E-state index is 0.201. The summed E-state index contributed by atoms with van der Waals surface area (Å²) in [6.07, 6.45) is 5.71. The van der Waals surface area contributed by atoms with Crippen molar-refractivity contribution < 1.29 is 9.53 Å². The second kappa shape index (κ2) is 9.58. The lowest BCUT2D eigenvalue weighted by Gasteiger charge is -2.19. The number of imidazole rings is 1. The van der Waals surface area contributed by atoms with E-state index in [1.54, 1.807) is 18.3 Å². The lowest BCUT2D eigenvalue weighted by atomic mass is 10.0. The fourth-order valence-corrected chi connectivity index (χ4v) is 3.84. The van der Waals surface area contributed by atoms with Crippen LogP contribution in [0.5, 0.6) is 5.75 Å². The number of hydrogen-bond acceptors (Lipinski definition) is 4. The fourth-order valence-electron chi connectivity index (χ4n) is 3.84. The van der Waals surface area contributed by atoms with Crippen molar-refractivity contribution in [2.75, 3.05) is 0 Å². The molecule has 1 unspecified atom stereocenters. The summed E-state index contributed by atoms with van der Waals surface area (Å²) < 4.78 is 7.93. The van der Waals surface area contributed by atoms with Gasteiger partial charge in [-0.2, -0.15) is 0 Å². The van der Waals surface area contributed by atoms with Crippen LogP contribution in [0.2, 0.25) is 0 Å². The van der Waals surface area contributed by atoms with Crippen molar-refractivity contribution in [1.29, 1.82) is 0 Å². The summed E-state index contributed by atoms with van der Waals surface area (Å²) in [5, 5.41) is 3.12. The van der Waals surface area contributed by atoms with Gasteiger partial charge in [0.2, 0.25) is 0 Å². The van der Waals surface area contributed by atoms with Crippen LogP contribution in [0.4, 0.5) is 0 Å². The van der Waals surface area contributed by atoms with Gasteiger partial charge in [0.15, 0.2) is 0 Å². The van der Waals surface area contributed by atoms with E-state index < -0.39 is 0 Å². The third-order valence-corrected chi connectivity index (χ3v) is 5.52. The molecule has 0 saturated carbocycles. The van der Waals surface area contributed by atoms with Crippen LogP contribution < -0.4 is 10.1 Å². The van der Waals surface area contributed by atoms with E-state index in [4.69, 9.17) is 4.74 Å².